The third-order valence-corrected chi connectivity index (χ3v) is 5.90. The van der Waals surface area contributed by atoms with Crippen molar-refractivity contribution < 1.29 is 22.3 Å². The topological polar surface area (TPSA) is 102 Å². The van der Waals surface area contributed by atoms with Crippen LogP contribution in [0.1, 0.15) is 0 Å². The van der Waals surface area contributed by atoms with E-state index in [9.17, 15) is 12.8 Å². The van der Waals surface area contributed by atoms with Gasteiger partial charge in [0.25, 0.3) is 10.0 Å². The summed E-state index contributed by atoms with van der Waals surface area (Å²) in [5, 5.41) is 3.06. The monoisotopic (exact) mass is 454 g/mol. The van der Waals surface area contributed by atoms with Crippen molar-refractivity contribution in [2.75, 3.05) is 24.3 Å². The average molecular weight is 454 g/mol. The zero-order valence-electron chi connectivity index (χ0n) is 17.2. The molecular weight excluding hydrogens is 435 g/mol. The molecule has 2 N–H and O–H groups in total. The predicted molar refractivity (Wildman–Crippen MR) is 120 cm³/mol. The van der Waals surface area contributed by atoms with Crippen molar-refractivity contribution in [2.24, 2.45) is 0 Å². The zero-order chi connectivity index (χ0) is 22.7. The van der Waals surface area contributed by atoms with Crippen LogP contribution >= 0.6 is 0 Å². The first-order chi connectivity index (χ1) is 15.4. The first-order valence-electron chi connectivity index (χ1n) is 9.44. The summed E-state index contributed by atoms with van der Waals surface area (Å²) in [6, 6.07) is 16.8. The fourth-order valence-corrected chi connectivity index (χ4v) is 4.06. The van der Waals surface area contributed by atoms with Crippen LogP contribution < -0.4 is 19.5 Å². The number of halogens is 1. The van der Waals surface area contributed by atoms with Crippen LogP contribution in [0.25, 0.3) is 11.0 Å². The predicted octanol–water partition coefficient (Wildman–Crippen LogP) is 4.33. The second kappa shape index (κ2) is 8.67. The Kier molecular flexibility index (Phi) is 5.78. The van der Waals surface area contributed by atoms with Gasteiger partial charge in [0.1, 0.15) is 17.3 Å². The van der Waals surface area contributed by atoms with Gasteiger partial charge >= 0.3 is 0 Å². The van der Waals surface area contributed by atoms with Gasteiger partial charge in [0.2, 0.25) is 0 Å². The number of para-hydroxylation sites is 2. The second-order valence-corrected chi connectivity index (χ2v) is 8.35. The van der Waals surface area contributed by atoms with Crippen molar-refractivity contribution in [2.45, 2.75) is 4.90 Å². The summed E-state index contributed by atoms with van der Waals surface area (Å²) in [6.45, 7) is 0. The highest BCUT2D eigenvalue weighted by molar-refractivity contribution is 7.92. The van der Waals surface area contributed by atoms with Gasteiger partial charge < -0.3 is 14.8 Å². The van der Waals surface area contributed by atoms with Gasteiger partial charge in [-0.25, -0.2) is 22.8 Å². The van der Waals surface area contributed by atoms with Crippen LogP contribution in [-0.2, 0) is 10.0 Å². The van der Waals surface area contributed by atoms with E-state index >= 15 is 0 Å². The van der Waals surface area contributed by atoms with Crippen LogP contribution in [0.3, 0.4) is 0 Å². The number of aromatic nitrogens is 2. The molecule has 0 saturated heterocycles. The summed E-state index contributed by atoms with van der Waals surface area (Å²) in [5.74, 6) is 0.452. The van der Waals surface area contributed by atoms with Crippen molar-refractivity contribution in [1.29, 1.82) is 0 Å². The summed E-state index contributed by atoms with van der Waals surface area (Å²) in [5.41, 5.74) is 1.51. The number of methoxy groups -OCH3 is 2. The van der Waals surface area contributed by atoms with E-state index in [-0.39, 0.29) is 16.5 Å². The van der Waals surface area contributed by atoms with Crippen LogP contribution in [0.15, 0.2) is 71.6 Å². The lowest BCUT2D eigenvalue weighted by atomic mass is 10.2. The van der Waals surface area contributed by atoms with E-state index in [1.807, 2.05) is 0 Å². The zero-order valence-corrected chi connectivity index (χ0v) is 18.0. The number of hydrogen-bond donors (Lipinski definition) is 2. The second-order valence-electron chi connectivity index (χ2n) is 6.66. The Morgan fingerprint density at radius 1 is 0.844 bits per heavy atom. The molecule has 1 heterocycles. The molecule has 10 heteroatoms. The maximum atomic E-state index is 13.6. The van der Waals surface area contributed by atoms with E-state index in [1.165, 1.54) is 26.4 Å². The molecule has 0 atom stereocenters. The van der Waals surface area contributed by atoms with E-state index < -0.39 is 15.8 Å². The Morgan fingerprint density at radius 2 is 1.56 bits per heavy atom. The molecule has 0 aliphatic carbocycles. The lowest BCUT2D eigenvalue weighted by Gasteiger charge is -2.16. The molecule has 8 nitrogen and oxygen atoms in total. The minimum atomic E-state index is -4.14. The van der Waals surface area contributed by atoms with Gasteiger partial charge in [-0.2, -0.15) is 0 Å². The normalized spacial score (nSPS) is 11.2. The number of fused-ring (bicyclic) bond motifs is 1. The average Bonchev–Trinajstić information content (AvgIpc) is 2.79. The molecule has 164 valence electrons. The summed E-state index contributed by atoms with van der Waals surface area (Å²) < 4.78 is 52.5. The van der Waals surface area contributed by atoms with Crippen LogP contribution in [0, 0.1) is 5.82 Å². The lowest BCUT2D eigenvalue weighted by molar-refractivity contribution is 0.405. The highest BCUT2D eigenvalue weighted by atomic mass is 32.2. The highest BCUT2D eigenvalue weighted by Gasteiger charge is 2.20. The summed E-state index contributed by atoms with van der Waals surface area (Å²) in [7, 11) is -1.10. The SMILES string of the molecule is COc1ccc(OC)c(Nc2nc3ccccc3nc2NS(=O)(=O)c2cccc(F)c2)c1. The third-order valence-electron chi connectivity index (χ3n) is 4.57. The molecule has 3 aromatic carbocycles. The largest absolute Gasteiger partial charge is 0.497 e. The Bertz CT molecular complexity index is 1400. The Hall–Kier alpha value is -3.92. The molecule has 0 fully saturated rings. The highest BCUT2D eigenvalue weighted by Crippen LogP contribution is 2.34. The number of nitrogens with one attached hydrogen (secondary N) is 2. The first-order valence-corrected chi connectivity index (χ1v) is 10.9. The van der Waals surface area contributed by atoms with E-state index in [4.69, 9.17) is 9.47 Å². The van der Waals surface area contributed by atoms with E-state index in [1.54, 1.807) is 42.5 Å². The fourth-order valence-electron chi connectivity index (χ4n) is 3.02. The Labute approximate surface area is 184 Å². The van der Waals surface area contributed by atoms with Crippen molar-refractivity contribution in [1.82, 2.24) is 9.97 Å². The van der Waals surface area contributed by atoms with E-state index in [0.29, 0.717) is 28.2 Å². The maximum Gasteiger partial charge on any atom is 0.263 e. The molecule has 32 heavy (non-hydrogen) atoms. The Morgan fingerprint density at radius 3 is 2.22 bits per heavy atom. The number of nitrogens with zero attached hydrogens (tertiary/aromatic N) is 2. The number of hydrogen-bond acceptors (Lipinski definition) is 7. The third kappa shape index (κ3) is 4.40. The van der Waals surface area contributed by atoms with Gasteiger partial charge in [0.15, 0.2) is 11.6 Å². The number of rotatable bonds is 7. The molecule has 0 unspecified atom stereocenters. The fraction of sp³-hybridized carbons (Fsp3) is 0.0909. The molecule has 0 bridgehead atoms. The first kappa shape index (κ1) is 21.3. The Balaban J connectivity index is 1.81. The van der Waals surface area contributed by atoms with E-state index in [0.717, 1.165) is 12.1 Å². The van der Waals surface area contributed by atoms with Gasteiger partial charge in [-0.05, 0) is 42.5 Å². The van der Waals surface area contributed by atoms with Gasteiger partial charge in [-0.1, -0.05) is 18.2 Å². The number of anilines is 3. The quantitative estimate of drug-likeness (QED) is 0.428. The van der Waals surface area contributed by atoms with Crippen molar-refractivity contribution in [3.05, 3.63) is 72.5 Å². The summed E-state index contributed by atoms with van der Waals surface area (Å²) in [4.78, 5) is 8.71. The minimum Gasteiger partial charge on any atom is -0.497 e. The van der Waals surface area contributed by atoms with Crippen LogP contribution in [-0.4, -0.2) is 32.6 Å². The molecular formula is C22H19FN4O4S. The number of benzene rings is 3. The molecule has 4 aromatic rings. The number of sulfonamides is 1. The minimum absolute atomic E-state index is 0.0576. The smallest absolute Gasteiger partial charge is 0.263 e. The molecule has 0 radical (unpaired) electrons. The number of ether oxygens (including phenoxy) is 2. The maximum absolute atomic E-state index is 13.6. The van der Waals surface area contributed by atoms with E-state index in [2.05, 4.69) is 20.0 Å². The molecule has 0 aliphatic rings. The van der Waals surface area contributed by atoms with Gasteiger partial charge in [-0.15, -0.1) is 0 Å². The summed E-state index contributed by atoms with van der Waals surface area (Å²) >= 11 is 0. The van der Waals surface area contributed by atoms with Gasteiger partial charge in [0, 0.05) is 6.07 Å². The summed E-state index contributed by atoms with van der Waals surface area (Å²) in [6.07, 6.45) is 0. The van der Waals surface area contributed by atoms with Crippen molar-refractivity contribution in [3.8, 4) is 11.5 Å². The van der Waals surface area contributed by atoms with Gasteiger partial charge in [0.05, 0.1) is 35.8 Å². The van der Waals surface area contributed by atoms with Crippen LogP contribution in [0.5, 0.6) is 11.5 Å². The van der Waals surface area contributed by atoms with Crippen molar-refractivity contribution in [3.63, 3.8) is 0 Å². The van der Waals surface area contributed by atoms with Crippen molar-refractivity contribution >= 4 is 38.4 Å². The molecule has 0 aliphatic heterocycles. The lowest BCUT2D eigenvalue weighted by Crippen LogP contribution is -2.16. The molecule has 0 amide bonds. The standard InChI is InChI=1S/C22H19FN4O4S/c1-30-15-10-11-20(31-2)19(13-15)26-21-22(25-18-9-4-3-8-17(18)24-21)27-32(28,29)16-7-5-6-14(23)12-16/h3-13H,1-2H3,(H,24,26)(H,25,27). The molecule has 1 aromatic heterocycles. The molecule has 4 rings (SSSR count). The van der Waals surface area contributed by atoms with Crippen LogP contribution in [0.2, 0.25) is 0 Å². The molecule has 0 saturated carbocycles. The van der Waals surface area contributed by atoms with Crippen LogP contribution in [0.4, 0.5) is 21.7 Å². The van der Waals surface area contributed by atoms with Gasteiger partial charge in [-0.3, -0.25) is 4.72 Å². The molecule has 0 spiro atoms.